The van der Waals surface area contributed by atoms with Crippen LogP contribution in [0.3, 0.4) is 0 Å². The number of fused-ring (bicyclic) bond motifs is 1. The summed E-state index contributed by atoms with van der Waals surface area (Å²) in [5, 5.41) is 3.59. The molecule has 3 N–H and O–H groups in total. The van der Waals surface area contributed by atoms with Gasteiger partial charge in [-0.25, -0.2) is 0 Å². The smallest absolute Gasteiger partial charge is 0.320 e. The molecule has 2 aromatic heterocycles. The molecule has 174 valence electrons. The molecule has 0 aliphatic carbocycles. The van der Waals surface area contributed by atoms with Crippen LogP contribution >= 0.6 is 0 Å². The van der Waals surface area contributed by atoms with Gasteiger partial charge in [0.15, 0.2) is 17.0 Å². The lowest BCUT2D eigenvalue weighted by Crippen LogP contribution is -2.28. The highest BCUT2D eigenvalue weighted by Crippen LogP contribution is 2.26. The van der Waals surface area contributed by atoms with Gasteiger partial charge >= 0.3 is 6.01 Å². The number of nitrogens with one attached hydrogen (secondary N) is 1. The van der Waals surface area contributed by atoms with Crippen LogP contribution in [0.2, 0.25) is 0 Å². The summed E-state index contributed by atoms with van der Waals surface area (Å²) in [6.07, 6.45) is 7.62. The number of unbranched alkanes of at least 4 members (excludes halogenated alkanes) is 2. The Kier molecular flexibility index (Phi) is 9.14. The summed E-state index contributed by atoms with van der Waals surface area (Å²) in [5.74, 6) is 1.08. The van der Waals surface area contributed by atoms with Crippen molar-refractivity contribution < 1.29 is 14.2 Å². The van der Waals surface area contributed by atoms with Gasteiger partial charge < -0.3 is 25.3 Å². The van der Waals surface area contributed by atoms with Crippen molar-refractivity contribution in [3.05, 3.63) is 0 Å². The predicted molar refractivity (Wildman–Crippen MR) is 122 cm³/mol. The minimum absolute atomic E-state index is 0.0359. The van der Waals surface area contributed by atoms with Crippen molar-refractivity contribution in [1.29, 1.82) is 0 Å². The largest absolute Gasteiger partial charge is 0.468 e. The molecule has 1 unspecified atom stereocenters. The van der Waals surface area contributed by atoms with Crippen molar-refractivity contribution in [2.45, 2.75) is 71.4 Å². The lowest BCUT2D eigenvalue weighted by molar-refractivity contribution is 0.0663. The monoisotopic (exact) mass is 434 g/mol. The number of hydrogen-bond donors (Lipinski definition) is 2. The normalized spacial score (nSPS) is 16.0. The molecule has 9 heteroatoms. The van der Waals surface area contributed by atoms with Crippen LogP contribution in [0.25, 0.3) is 11.2 Å². The minimum atomic E-state index is 0.0359. The number of aryl methyl sites for hydroxylation is 1. The van der Waals surface area contributed by atoms with E-state index in [1.54, 1.807) is 7.11 Å². The molecule has 0 amide bonds. The number of nitrogens with two attached hydrogens (primary N) is 1. The quantitative estimate of drug-likeness (QED) is 0.463. The van der Waals surface area contributed by atoms with E-state index in [-0.39, 0.29) is 6.10 Å². The van der Waals surface area contributed by atoms with E-state index in [2.05, 4.69) is 27.2 Å². The highest BCUT2D eigenvalue weighted by molar-refractivity contribution is 5.83. The van der Waals surface area contributed by atoms with Gasteiger partial charge in [-0.2, -0.15) is 15.0 Å². The van der Waals surface area contributed by atoms with E-state index in [1.807, 2.05) is 11.5 Å². The second-order valence-corrected chi connectivity index (χ2v) is 8.35. The average Bonchev–Trinajstić information content (AvgIpc) is 3.12. The molecule has 0 radical (unpaired) electrons. The van der Waals surface area contributed by atoms with Crippen molar-refractivity contribution in [2.75, 3.05) is 39.1 Å². The zero-order valence-corrected chi connectivity index (χ0v) is 19.2. The van der Waals surface area contributed by atoms with E-state index in [0.29, 0.717) is 29.0 Å². The molecule has 9 nitrogen and oxygen atoms in total. The van der Waals surface area contributed by atoms with Gasteiger partial charge in [-0.05, 0) is 58.0 Å². The molecule has 1 aliphatic rings. The van der Waals surface area contributed by atoms with Crippen LogP contribution in [-0.2, 0) is 11.3 Å². The zero-order chi connectivity index (χ0) is 22.1. The van der Waals surface area contributed by atoms with E-state index in [0.717, 1.165) is 70.9 Å². The van der Waals surface area contributed by atoms with E-state index < -0.39 is 0 Å². The maximum absolute atomic E-state index is 6.14. The number of anilines is 1. The summed E-state index contributed by atoms with van der Waals surface area (Å²) in [6, 6.07) is 0.805. The van der Waals surface area contributed by atoms with E-state index in [4.69, 9.17) is 19.9 Å². The fourth-order valence-corrected chi connectivity index (χ4v) is 3.99. The van der Waals surface area contributed by atoms with Gasteiger partial charge in [-0.3, -0.25) is 4.57 Å². The lowest BCUT2D eigenvalue weighted by Gasteiger charge is -2.22. The number of imidazole rings is 1. The standard InChI is InChI=1S/C22H38N6O3/c1-4-8-16(2)31-21-26-19(23)18-20(27-21)28(22(25-18)29-3)12-7-5-6-11-24-15-17-9-13-30-14-10-17/h16-17,24H,4-15H2,1-3H3,(H2,23,26,27). The van der Waals surface area contributed by atoms with Crippen molar-refractivity contribution in [3.8, 4) is 12.0 Å². The molecular weight excluding hydrogens is 396 g/mol. The molecule has 1 aliphatic heterocycles. The third-order valence-corrected chi connectivity index (χ3v) is 5.76. The van der Waals surface area contributed by atoms with Crippen molar-refractivity contribution >= 4 is 17.0 Å². The maximum Gasteiger partial charge on any atom is 0.320 e. The summed E-state index contributed by atoms with van der Waals surface area (Å²) in [4.78, 5) is 13.3. The third-order valence-electron chi connectivity index (χ3n) is 5.76. The molecular formula is C22H38N6O3. The van der Waals surface area contributed by atoms with Crippen LogP contribution in [0.4, 0.5) is 5.82 Å². The molecule has 3 heterocycles. The Morgan fingerprint density at radius 3 is 2.74 bits per heavy atom. The molecule has 1 fully saturated rings. The van der Waals surface area contributed by atoms with Gasteiger partial charge in [-0.1, -0.05) is 19.8 Å². The highest BCUT2D eigenvalue weighted by atomic mass is 16.5. The SMILES string of the molecule is CCCC(C)Oc1nc(N)c2nc(OC)n(CCCCCNCC3CCOCC3)c2n1. The molecule has 0 bridgehead atoms. The second-order valence-electron chi connectivity index (χ2n) is 8.35. The summed E-state index contributed by atoms with van der Waals surface area (Å²) in [6.45, 7) is 8.86. The fraction of sp³-hybridized carbons (Fsp3) is 0.773. The number of nitrogen functional groups attached to an aromatic ring is 1. The molecule has 0 saturated carbocycles. The first-order valence-electron chi connectivity index (χ1n) is 11.6. The van der Waals surface area contributed by atoms with Gasteiger partial charge in [0.05, 0.1) is 13.2 Å². The van der Waals surface area contributed by atoms with Crippen LogP contribution in [0, 0.1) is 5.92 Å². The first kappa shape index (κ1) is 23.5. The fourth-order valence-electron chi connectivity index (χ4n) is 3.99. The van der Waals surface area contributed by atoms with Gasteiger partial charge in [-0.15, -0.1) is 0 Å². The van der Waals surface area contributed by atoms with Crippen LogP contribution < -0.4 is 20.5 Å². The first-order valence-corrected chi connectivity index (χ1v) is 11.6. The number of aromatic nitrogens is 4. The summed E-state index contributed by atoms with van der Waals surface area (Å²) < 4.78 is 18.7. The first-order chi connectivity index (χ1) is 15.1. The van der Waals surface area contributed by atoms with Gasteiger partial charge in [0, 0.05) is 19.8 Å². The zero-order valence-electron chi connectivity index (χ0n) is 19.2. The Labute approximate surface area is 185 Å². The van der Waals surface area contributed by atoms with Gasteiger partial charge in [0.2, 0.25) is 0 Å². The van der Waals surface area contributed by atoms with Crippen LogP contribution in [0.1, 0.15) is 58.8 Å². The van der Waals surface area contributed by atoms with E-state index in [9.17, 15) is 0 Å². The Morgan fingerprint density at radius 2 is 2.00 bits per heavy atom. The molecule has 31 heavy (non-hydrogen) atoms. The van der Waals surface area contributed by atoms with Crippen LogP contribution in [0.15, 0.2) is 0 Å². The summed E-state index contributed by atoms with van der Waals surface area (Å²) >= 11 is 0. The lowest BCUT2D eigenvalue weighted by atomic mass is 10.0. The Bertz CT molecular complexity index is 806. The van der Waals surface area contributed by atoms with Gasteiger partial charge in [0.1, 0.15) is 0 Å². The minimum Gasteiger partial charge on any atom is -0.468 e. The Balaban J connectivity index is 1.53. The number of ether oxygens (including phenoxy) is 3. The molecule has 0 aromatic carbocycles. The van der Waals surface area contributed by atoms with Gasteiger partial charge in [0.25, 0.3) is 6.01 Å². The highest BCUT2D eigenvalue weighted by Gasteiger charge is 2.18. The summed E-state index contributed by atoms with van der Waals surface area (Å²) in [5.41, 5.74) is 7.36. The maximum atomic E-state index is 6.14. The topological polar surface area (TPSA) is 109 Å². The van der Waals surface area contributed by atoms with Crippen LogP contribution in [0.5, 0.6) is 12.0 Å². The molecule has 3 rings (SSSR count). The number of rotatable bonds is 13. The molecule has 0 spiro atoms. The second kappa shape index (κ2) is 12.0. The van der Waals surface area contributed by atoms with E-state index in [1.165, 1.54) is 12.8 Å². The Morgan fingerprint density at radius 1 is 1.19 bits per heavy atom. The Hall–Kier alpha value is -2.13. The average molecular weight is 435 g/mol. The molecule has 1 saturated heterocycles. The summed E-state index contributed by atoms with van der Waals surface area (Å²) in [7, 11) is 1.61. The van der Waals surface area contributed by atoms with Crippen molar-refractivity contribution in [3.63, 3.8) is 0 Å². The molecule has 2 aromatic rings. The van der Waals surface area contributed by atoms with E-state index >= 15 is 0 Å². The predicted octanol–water partition coefficient (Wildman–Crippen LogP) is 3.17. The number of methoxy groups -OCH3 is 1. The van der Waals surface area contributed by atoms with Crippen LogP contribution in [-0.4, -0.2) is 59.0 Å². The van der Waals surface area contributed by atoms with Crippen molar-refractivity contribution in [2.24, 2.45) is 5.92 Å². The van der Waals surface area contributed by atoms with Crippen molar-refractivity contribution in [1.82, 2.24) is 24.8 Å². The number of nitrogens with zero attached hydrogens (tertiary/aromatic N) is 4. The number of hydrogen-bond acceptors (Lipinski definition) is 8. The third kappa shape index (κ3) is 6.67. The molecule has 1 atom stereocenters.